The highest BCUT2D eigenvalue weighted by Gasteiger charge is 2.17. The molecule has 0 unspecified atom stereocenters. The minimum Gasteiger partial charge on any atom is -0.325 e. The van der Waals surface area contributed by atoms with Gasteiger partial charge in [0.1, 0.15) is 0 Å². The predicted molar refractivity (Wildman–Crippen MR) is 122 cm³/mol. The topological polar surface area (TPSA) is 120 Å². The first-order valence-electron chi connectivity index (χ1n) is 9.69. The fraction of sp³-hybridized carbons (Fsp3) is 0.286. The summed E-state index contributed by atoms with van der Waals surface area (Å²) in [5, 5.41) is 17.2. The van der Waals surface area contributed by atoms with Gasteiger partial charge in [-0.15, -0.1) is 10.2 Å². The Balaban J connectivity index is 1.71. The van der Waals surface area contributed by atoms with Crippen LogP contribution in [0.25, 0.3) is 11.4 Å². The molecule has 8 nitrogen and oxygen atoms in total. The molecule has 0 aliphatic heterocycles. The van der Waals surface area contributed by atoms with Gasteiger partial charge in [0, 0.05) is 17.8 Å². The van der Waals surface area contributed by atoms with Gasteiger partial charge in [-0.25, -0.2) is 13.6 Å². The molecular weight excluding hydrogens is 434 g/mol. The minimum absolute atomic E-state index is 0.00895. The van der Waals surface area contributed by atoms with Gasteiger partial charge in [0.25, 0.3) is 0 Å². The summed E-state index contributed by atoms with van der Waals surface area (Å²) in [5.74, 6) is 1.06. The number of nitrogens with two attached hydrogens (primary N) is 1. The quantitative estimate of drug-likeness (QED) is 0.499. The van der Waals surface area contributed by atoms with Gasteiger partial charge in [-0.05, 0) is 43.2 Å². The Labute approximate surface area is 186 Å². The summed E-state index contributed by atoms with van der Waals surface area (Å²) in [4.78, 5) is 12.4. The molecule has 0 aliphatic carbocycles. The molecule has 2 aromatic carbocycles. The maximum Gasteiger partial charge on any atom is 0.238 e. The van der Waals surface area contributed by atoms with E-state index in [0.29, 0.717) is 16.8 Å². The summed E-state index contributed by atoms with van der Waals surface area (Å²) in [5.41, 5.74) is 2.61. The number of nitrogens with zero attached hydrogens (tertiary/aromatic N) is 3. The predicted octanol–water partition coefficient (Wildman–Crippen LogP) is 3.29. The van der Waals surface area contributed by atoms with E-state index in [-0.39, 0.29) is 16.6 Å². The van der Waals surface area contributed by atoms with E-state index in [2.05, 4.69) is 35.4 Å². The van der Waals surface area contributed by atoms with E-state index in [1.807, 2.05) is 29.7 Å². The summed E-state index contributed by atoms with van der Waals surface area (Å²) >= 11 is 1.30. The second-order valence-corrected chi connectivity index (χ2v) is 10.1. The zero-order valence-electron chi connectivity index (χ0n) is 17.6. The molecule has 0 bridgehead atoms. The second kappa shape index (κ2) is 9.63. The summed E-state index contributed by atoms with van der Waals surface area (Å²) in [6, 6.07) is 13.8. The van der Waals surface area contributed by atoms with Crippen molar-refractivity contribution in [3.63, 3.8) is 0 Å². The molecule has 0 fully saturated rings. The monoisotopic (exact) mass is 459 g/mol. The number of carbonyl (C=O) groups excluding carboxylic acids is 1. The number of rotatable bonds is 8. The van der Waals surface area contributed by atoms with Crippen molar-refractivity contribution in [2.45, 2.75) is 37.4 Å². The van der Waals surface area contributed by atoms with Gasteiger partial charge < -0.3 is 9.88 Å². The number of thioether (sulfide) groups is 1. The third-order valence-corrected chi connectivity index (χ3v) is 6.24. The fourth-order valence-electron chi connectivity index (χ4n) is 2.98. The van der Waals surface area contributed by atoms with Crippen LogP contribution in [-0.4, -0.2) is 34.8 Å². The van der Waals surface area contributed by atoms with Crippen molar-refractivity contribution >= 4 is 33.4 Å². The number of amides is 1. The Bertz CT molecular complexity index is 1170. The average molecular weight is 460 g/mol. The molecular formula is C21H25N5O3S2. The van der Waals surface area contributed by atoms with Gasteiger partial charge in [-0.2, -0.15) is 0 Å². The molecule has 1 amide bonds. The van der Waals surface area contributed by atoms with E-state index in [1.54, 1.807) is 0 Å². The summed E-state index contributed by atoms with van der Waals surface area (Å²) < 4.78 is 24.7. The summed E-state index contributed by atoms with van der Waals surface area (Å²) in [7, 11) is -3.77. The van der Waals surface area contributed by atoms with E-state index in [4.69, 9.17) is 5.14 Å². The largest absolute Gasteiger partial charge is 0.325 e. The molecule has 0 atom stereocenters. The summed E-state index contributed by atoms with van der Waals surface area (Å²) in [6.07, 6.45) is 0. The van der Waals surface area contributed by atoms with Crippen LogP contribution in [0.1, 0.15) is 19.4 Å². The van der Waals surface area contributed by atoms with E-state index >= 15 is 0 Å². The van der Waals surface area contributed by atoms with E-state index in [0.717, 1.165) is 23.5 Å². The molecule has 10 heteroatoms. The van der Waals surface area contributed by atoms with Crippen molar-refractivity contribution in [3.8, 4) is 11.4 Å². The molecule has 1 aromatic heterocycles. The number of aryl methyl sites for hydroxylation is 1. The maximum atomic E-state index is 12.4. The molecule has 3 N–H and O–H groups in total. The van der Waals surface area contributed by atoms with Crippen LogP contribution in [0.3, 0.4) is 0 Å². The number of hydrogen-bond donors (Lipinski definition) is 2. The van der Waals surface area contributed by atoms with Crippen LogP contribution in [0.2, 0.25) is 0 Å². The van der Waals surface area contributed by atoms with Crippen LogP contribution >= 0.6 is 11.8 Å². The Morgan fingerprint density at radius 3 is 2.48 bits per heavy atom. The van der Waals surface area contributed by atoms with Crippen molar-refractivity contribution < 1.29 is 13.2 Å². The normalized spacial score (nSPS) is 11.6. The lowest BCUT2D eigenvalue weighted by atomic mass is 10.1. The van der Waals surface area contributed by atoms with E-state index in [9.17, 15) is 13.2 Å². The van der Waals surface area contributed by atoms with Crippen molar-refractivity contribution in [3.05, 3.63) is 54.1 Å². The number of sulfonamides is 1. The highest BCUT2D eigenvalue weighted by atomic mass is 32.2. The third kappa shape index (κ3) is 6.16. The average Bonchev–Trinajstić information content (AvgIpc) is 3.08. The zero-order valence-corrected chi connectivity index (χ0v) is 19.2. The molecule has 0 aliphatic rings. The van der Waals surface area contributed by atoms with Crippen LogP contribution < -0.4 is 10.5 Å². The van der Waals surface area contributed by atoms with Crippen molar-refractivity contribution in [2.75, 3.05) is 11.1 Å². The lowest BCUT2D eigenvalue weighted by Gasteiger charge is -2.13. The van der Waals surface area contributed by atoms with Gasteiger partial charge in [0.15, 0.2) is 11.0 Å². The number of aromatic nitrogens is 3. The standard InChI is InChI=1S/C21H25N5O3S2/c1-14(2)12-26-20(16-6-4-5-15(3)11-16)24-25-21(26)30-13-19(27)23-17-7-9-18(10-8-17)31(22,28)29/h4-11,14H,12-13H2,1-3H3,(H,23,27)(H2,22,28,29). The number of nitrogens with one attached hydrogen (secondary N) is 1. The van der Waals surface area contributed by atoms with Gasteiger partial charge in [0.2, 0.25) is 15.9 Å². The Morgan fingerprint density at radius 2 is 1.87 bits per heavy atom. The maximum absolute atomic E-state index is 12.4. The first-order chi connectivity index (χ1) is 14.6. The number of primary sulfonamides is 1. The molecule has 3 rings (SSSR count). The van der Waals surface area contributed by atoms with Gasteiger partial charge in [0.05, 0.1) is 10.6 Å². The molecule has 0 saturated carbocycles. The third-order valence-electron chi connectivity index (χ3n) is 4.34. The minimum atomic E-state index is -3.77. The Hall–Kier alpha value is -2.69. The molecule has 0 spiro atoms. The van der Waals surface area contributed by atoms with Crippen LogP contribution in [0, 0.1) is 12.8 Å². The van der Waals surface area contributed by atoms with Crippen LogP contribution in [-0.2, 0) is 21.4 Å². The van der Waals surface area contributed by atoms with Crippen LogP contribution in [0.5, 0.6) is 0 Å². The van der Waals surface area contributed by atoms with Gasteiger partial charge >= 0.3 is 0 Å². The Kier molecular flexibility index (Phi) is 7.14. The van der Waals surface area contributed by atoms with Gasteiger partial charge in [-0.1, -0.05) is 49.4 Å². The number of hydrogen-bond acceptors (Lipinski definition) is 6. The van der Waals surface area contributed by atoms with Crippen molar-refractivity contribution in [1.29, 1.82) is 0 Å². The number of anilines is 1. The highest BCUT2D eigenvalue weighted by Crippen LogP contribution is 2.26. The number of carbonyl (C=O) groups is 1. The number of benzene rings is 2. The smallest absolute Gasteiger partial charge is 0.238 e. The van der Waals surface area contributed by atoms with E-state index in [1.165, 1.54) is 36.0 Å². The molecule has 0 radical (unpaired) electrons. The van der Waals surface area contributed by atoms with Crippen LogP contribution in [0.15, 0.2) is 58.6 Å². The molecule has 164 valence electrons. The molecule has 1 heterocycles. The molecule has 0 saturated heterocycles. The van der Waals surface area contributed by atoms with E-state index < -0.39 is 10.0 Å². The fourth-order valence-corrected chi connectivity index (χ4v) is 4.24. The van der Waals surface area contributed by atoms with Crippen molar-refractivity contribution in [2.24, 2.45) is 11.1 Å². The molecule has 3 aromatic rings. The zero-order chi connectivity index (χ0) is 22.6. The Morgan fingerprint density at radius 1 is 1.16 bits per heavy atom. The van der Waals surface area contributed by atoms with Gasteiger partial charge in [-0.3, -0.25) is 4.79 Å². The second-order valence-electron chi connectivity index (χ2n) is 7.59. The summed E-state index contributed by atoms with van der Waals surface area (Å²) in [6.45, 7) is 7.00. The van der Waals surface area contributed by atoms with Crippen molar-refractivity contribution in [1.82, 2.24) is 14.8 Å². The molecule has 31 heavy (non-hydrogen) atoms. The highest BCUT2D eigenvalue weighted by molar-refractivity contribution is 7.99. The lowest BCUT2D eigenvalue weighted by molar-refractivity contribution is -0.113. The van der Waals surface area contributed by atoms with Crippen LogP contribution in [0.4, 0.5) is 5.69 Å². The SMILES string of the molecule is Cc1cccc(-c2nnc(SCC(=O)Nc3ccc(S(N)(=O)=O)cc3)n2CC(C)C)c1. The first-order valence-corrected chi connectivity index (χ1v) is 12.2. The first kappa shape index (κ1) is 23.0. The lowest BCUT2D eigenvalue weighted by Crippen LogP contribution is -2.16.